The maximum Gasteiger partial charge on any atom is 0.254 e. The van der Waals surface area contributed by atoms with Crippen molar-refractivity contribution in [3.05, 3.63) is 47.5 Å². The fraction of sp³-hybridized carbons (Fsp3) is 0.440. The third kappa shape index (κ3) is 6.55. The van der Waals surface area contributed by atoms with Crippen LogP contribution in [0.5, 0.6) is 23.0 Å². The standard InChI is InChI=1S/C25H32N2O6.ClH/c1-30-20-8-5-7-18(15-20)21(28)9-12-26-10-6-11-27(14-13-26)25(29)19-16-22(31-2)24(33-4)23(17-19)32-3;/h5,7-8,15-17H,6,9-14H2,1-4H3;1H. The molecular weight excluding hydrogens is 460 g/mol. The Morgan fingerprint density at radius 1 is 0.882 bits per heavy atom. The molecular formula is C25H33ClN2O6. The predicted molar refractivity (Wildman–Crippen MR) is 124 cm³/mol. The fourth-order valence-corrected chi connectivity index (χ4v) is 4.12. The van der Waals surface area contributed by atoms with Crippen molar-refractivity contribution >= 4 is 11.7 Å². The molecule has 0 aromatic heterocycles. The quantitative estimate of drug-likeness (QED) is 0.440. The number of quaternary nitrogens is 1. The van der Waals surface area contributed by atoms with Gasteiger partial charge in [-0.3, -0.25) is 9.59 Å². The van der Waals surface area contributed by atoms with Crippen LogP contribution in [0.15, 0.2) is 36.4 Å². The number of methoxy groups -OCH3 is 4. The first-order valence-electron chi connectivity index (χ1n) is 11.1. The van der Waals surface area contributed by atoms with Gasteiger partial charge in [0.25, 0.3) is 5.91 Å². The summed E-state index contributed by atoms with van der Waals surface area (Å²) in [5.41, 5.74) is 1.17. The number of Topliss-reactive ketones (excluding diaryl/α,β-unsaturated/α-hetero) is 1. The van der Waals surface area contributed by atoms with E-state index in [1.165, 1.54) is 26.2 Å². The van der Waals surface area contributed by atoms with E-state index in [1.807, 2.05) is 23.1 Å². The highest BCUT2D eigenvalue weighted by Gasteiger charge is 2.25. The number of hydrogen-bond donors (Lipinski definition) is 1. The number of nitrogens with zero attached hydrogens (tertiary/aromatic N) is 1. The molecule has 1 aliphatic heterocycles. The summed E-state index contributed by atoms with van der Waals surface area (Å²) >= 11 is 0. The maximum absolute atomic E-state index is 13.2. The minimum absolute atomic E-state index is 0. The smallest absolute Gasteiger partial charge is 0.254 e. The Bertz CT molecular complexity index is 959. The van der Waals surface area contributed by atoms with Gasteiger partial charge < -0.3 is 41.2 Å². The van der Waals surface area contributed by atoms with Gasteiger partial charge in [0.2, 0.25) is 5.75 Å². The van der Waals surface area contributed by atoms with Crippen LogP contribution < -0.4 is 36.3 Å². The Hall–Kier alpha value is -2.97. The van der Waals surface area contributed by atoms with Gasteiger partial charge in [-0.1, -0.05) is 12.1 Å². The fourth-order valence-electron chi connectivity index (χ4n) is 4.12. The number of nitrogens with one attached hydrogen (secondary N) is 1. The minimum atomic E-state index is -0.0667. The van der Waals surface area contributed by atoms with Gasteiger partial charge in [0.05, 0.1) is 61.0 Å². The summed E-state index contributed by atoms with van der Waals surface area (Å²) in [5.74, 6) is 2.10. The topological polar surface area (TPSA) is 78.7 Å². The SMILES string of the molecule is COc1cccc(C(=O)CC[NH+]2CCCN(C(=O)c3cc(OC)c(OC)c(OC)c3)CC2)c1.[Cl-]. The second-order valence-corrected chi connectivity index (χ2v) is 7.96. The van der Waals surface area contributed by atoms with Crippen molar-refractivity contribution < 1.29 is 45.8 Å². The second kappa shape index (κ2) is 13.1. The van der Waals surface area contributed by atoms with E-state index in [1.54, 1.807) is 25.3 Å². The zero-order valence-electron chi connectivity index (χ0n) is 20.2. The lowest BCUT2D eigenvalue weighted by Crippen LogP contribution is -3.12. The van der Waals surface area contributed by atoms with Crippen LogP contribution >= 0.6 is 0 Å². The van der Waals surface area contributed by atoms with Gasteiger partial charge in [-0.05, 0) is 24.3 Å². The normalized spacial score (nSPS) is 15.5. The number of carbonyl (C=O) groups excluding carboxylic acids is 2. The Labute approximate surface area is 207 Å². The summed E-state index contributed by atoms with van der Waals surface area (Å²) in [7, 11) is 6.19. The van der Waals surface area contributed by atoms with Gasteiger partial charge in [-0.2, -0.15) is 0 Å². The summed E-state index contributed by atoms with van der Waals surface area (Å²) in [6.45, 7) is 3.75. The van der Waals surface area contributed by atoms with Gasteiger partial charge in [-0.25, -0.2) is 0 Å². The van der Waals surface area contributed by atoms with Crippen molar-refractivity contribution in [2.75, 3.05) is 61.2 Å². The number of carbonyl (C=O) groups is 2. The van der Waals surface area contributed by atoms with Crippen molar-refractivity contribution in [3.8, 4) is 23.0 Å². The molecule has 2 aromatic rings. The molecule has 8 nitrogen and oxygen atoms in total. The molecule has 34 heavy (non-hydrogen) atoms. The summed E-state index contributed by atoms with van der Waals surface area (Å²) in [5, 5.41) is 0. The van der Waals surface area contributed by atoms with Crippen molar-refractivity contribution in [1.29, 1.82) is 0 Å². The molecule has 0 radical (unpaired) electrons. The van der Waals surface area contributed by atoms with Crippen molar-refractivity contribution in [2.24, 2.45) is 0 Å². The molecule has 1 atom stereocenters. The molecule has 0 saturated carbocycles. The van der Waals surface area contributed by atoms with Crippen molar-refractivity contribution in [2.45, 2.75) is 12.8 Å². The lowest BCUT2D eigenvalue weighted by atomic mass is 10.1. The zero-order valence-corrected chi connectivity index (χ0v) is 20.9. The second-order valence-electron chi connectivity index (χ2n) is 7.96. The van der Waals surface area contributed by atoms with E-state index in [2.05, 4.69) is 0 Å². The average Bonchev–Trinajstić information content (AvgIpc) is 3.11. The number of amides is 1. The van der Waals surface area contributed by atoms with Crippen molar-refractivity contribution in [3.63, 3.8) is 0 Å². The van der Waals surface area contributed by atoms with E-state index in [4.69, 9.17) is 18.9 Å². The van der Waals surface area contributed by atoms with Gasteiger partial charge in [0.1, 0.15) is 5.75 Å². The molecule has 3 rings (SSSR count). The van der Waals surface area contributed by atoms with Crippen LogP contribution in [-0.4, -0.2) is 77.8 Å². The first kappa shape index (κ1) is 27.3. The van der Waals surface area contributed by atoms with Crippen LogP contribution in [-0.2, 0) is 0 Å². The third-order valence-corrected chi connectivity index (χ3v) is 5.99. The molecule has 1 aliphatic rings. The zero-order chi connectivity index (χ0) is 23.8. The number of ether oxygens (including phenoxy) is 4. The summed E-state index contributed by atoms with van der Waals surface area (Å²) in [6.07, 6.45) is 1.34. The maximum atomic E-state index is 13.2. The number of halogens is 1. The largest absolute Gasteiger partial charge is 1.00 e. The molecule has 1 N–H and O–H groups in total. The molecule has 2 aromatic carbocycles. The number of rotatable bonds is 9. The monoisotopic (exact) mass is 492 g/mol. The highest BCUT2D eigenvalue weighted by molar-refractivity contribution is 5.96. The molecule has 9 heteroatoms. The Morgan fingerprint density at radius 2 is 1.59 bits per heavy atom. The van der Waals surface area contributed by atoms with Crippen LogP contribution in [0.3, 0.4) is 0 Å². The Morgan fingerprint density at radius 3 is 2.21 bits per heavy atom. The van der Waals surface area contributed by atoms with E-state index in [9.17, 15) is 9.59 Å². The predicted octanol–water partition coefficient (Wildman–Crippen LogP) is -1.27. The lowest BCUT2D eigenvalue weighted by molar-refractivity contribution is -0.897. The molecule has 1 amide bonds. The third-order valence-electron chi connectivity index (χ3n) is 5.99. The lowest BCUT2D eigenvalue weighted by Gasteiger charge is -2.21. The molecule has 1 fully saturated rings. The average molecular weight is 493 g/mol. The van der Waals surface area contributed by atoms with Crippen LogP contribution in [0.4, 0.5) is 0 Å². The van der Waals surface area contributed by atoms with Crippen molar-refractivity contribution in [1.82, 2.24) is 4.90 Å². The molecule has 0 bridgehead atoms. The van der Waals surface area contributed by atoms with Gasteiger partial charge in [0, 0.05) is 24.1 Å². The van der Waals surface area contributed by atoms with E-state index >= 15 is 0 Å². The molecule has 1 saturated heterocycles. The molecule has 0 spiro atoms. The molecule has 1 unspecified atom stereocenters. The summed E-state index contributed by atoms with van der Waals surface area (Å²) in [4.78, 5) is 29.0. The highest BCUT2D eigenvalue weighted by Crippen LogP contribution is 2.38. The van der Waals surface area contributed by atoms with E-state index in [0.29, 0.717) is 53.6 Å². The molecule has 186 valence electrons. The van der Waals surface area contributed by atoms with Gasteiger partial charge in [0.15, 0.2) is 17.3 Å². The first-order valence-corrected chi connectivity index (χ1v) is 11.1. The van der Waals surface area contributed by atoms with Gasteiger partial charge in [-0.15, -0.1) is 0 Å². The van der Waals surface area contributed by atoms with Gasteiger partial charge >= 0.3 is 0 Å². The number of hydrogen-bond acceptors (Lipinski definition) is 6. The van der Waals surface area contributed by atoms with Crippen LogP contribution in [0.25, 0.3) is 0 Å². The van der Waals surface area contributed by atoms with E-state index in [0.717, 1.165) is 26.1 Å². The van der Waals surface area contributed by atoms with E-state index in [-0.39, 0.29) is 24.1 Å². The highest BCUT2D eigenvalue weighted by atomic mass is 35.5. The summed E-state index contributed by atoms with van der Waals surface area (Å²) in [6, 6.07) is 10.6. The van der Waals surface area contributed by atoms with Crippen LogP contribution in [0, 0.1) is 0 Å². The molecule has 0 aliphatic carbocycles. The number of benzene rings is 2. The first-order chi connectivity index (χ1) is 16.0. The van der Waals surface area contributed by atoms with Crippen LogP contribution in [0.2, 0.25) is 0 Å². The Balaban J connectivity index is 0.00000408. The van der Waals surface area contributed by atoms with Crippen LogP contribution in [0.1, 0.15) is 33.6 Å². The van der Waals surface area contributed by atoms with E-state index < -0.39 is 0 Å². The Kier molecular flexibility index (Phi) is 10.5. The summed E-state index contributed by atoms with van der Waals surface area (Å²) < 4.78 is 21.3. The number of ketones is 1. The molecule has 1 heterocycles. The minimum Gasteiger partial charge on any atom is -1.00 e.